The number of hydrogen-bond donors (Lipinski definition) is 2. The van der Waals surface area contributed by atoms with Crippen LogP contribution in [0, 0.1) is 11.3 Å². The number of fused-ring (bicyclic) bond motifs is 1. The molecule has 3 heteroatoms. The van der Waals surface area contributed by atoms with Gasteiger partial charge in [0.15, 0.2) is 0 Å². The third kappa shape index (κ3) is 4.43. The third-order valence-corrected chi connectivity index (χ3v) is 5.91. The molecule has 2 N–H and O–H groups in total. The van der Waals surface area contributed by atoms with E-state index in [1.54, 1.807) is 0 Å². The molecule has 0 amide bonds. The minimum atomic E-state index is -0.340. The van der Waals surface area contributed by atoms with E-state index in [4.69, 9.17) is 0 Å². The Morgan fingerprint density at radius 3 is 2.76 bits per heavy atom. The molecule has 1 heterocycles. The summed E-state index contributed by atoms with van der Waals surface area (Å²) in [6.45, 7) is 13.6. The summed E-state index contributed by atoms with van der Waals surface area (Å²) in [4.78, 5) is 2.62. The first-order valence-electron chi connectivity index (χ1n) is 9.05. The number of rotatable bonds is 6. The second-order valence-electron chi connectivity index (χ2n) is 8.23. The van der Waals surface area contributed by atoms with Gasteiger partial charge in [0.25, 0.3) is 0 Å². The van der Waals surface area contributed by atoms with Gasteiger partial charge in [-0.05, 0) is 31.1 Å². The summed E-state index contributed by atoms with van der Waals surface area (Å²) < 4.78 is 0. The molecule has 2 rings (SSSR count). The summed E-state index contributed by atoms with van der Waals surface area (Å²) in [5, 5.41) is 14.4. The van der Waals surface area contributed by atoms with E-state index in [0.717, 1.165) is 39.0 Å². The van der Waals surface area contributed by atoms with Crippen molar-refractivity contribution in [2.45, 2.75) is 77.9 Å². The van der Waals surface area contributed by atoms with Crippen LogP contribution in [-0.2, 0) is 0 Å². The van der Waals surface area contributed by atoms with E-state index in [9.17, 15) is 5.11 Å². The van der Waals surface area contributed by atoms with Crippen LogP contribution in [0.15, 0.2) is 0 Å². The van der Waals surface area contributed by atoms with Gasteiger partial charge in [-0.15, -0.1) is 0 Å². The highest BCUT2D eigenvalue weighted by Crippen LogP contribution is 2.40. The van der Waals surface area contributed by atoms with Gasteiger partial charge in [-0.1, -0.05) is 40.5 Å². The molecule has 0 spiro atoms. The Labute approximate surface area is 131 Å². The predicted molar refractivity (Wildman–Crippen MR) is 89.5 cm³/mol. The van der Waals surface area contributed by atoms with Gasteiger partial charge in [0.2, 0.25) is 0 Å². The molecule has 0 radical (unpaired) electrons. The fraction of sp³-hybridized carbons (Fsp3) is 1.00. The number of nitrogens with zero attached hydrogens (tertiary/aromatic N) is 1. The maximum atomic E-state index is 10.8. The number of nitrogens with one attached hydrogen (secondary N) is 1. The maximum Gasteiger partial charge on any atom is 0.0700 e. The van der Waals surface area contributed by atoms with Crippen LogP contribution in [0.3, 0.4) is 0 Å². The molecule has 2 fully saturated rings. The molecule has 3 nitrogen and oxygen atoms in total. The van der Waals surface area contributed by atoms with Crippen LogP contribution < -0.4 is 5.32 Å². The Morgan fingerprint density at radius 1 is 1.33 bits per heavy atom. The van der Waals surface area contributed by atoms with E-state index < -0.39 is 0 Å². The Hall–Kier alpha value is -0.120. The Kier molecular flexibility index (Phi) is 5.72. The fourth-order valence-electron chi connectivity index (χ4n) is 4.07. The molecule has 0 bridgehead atoms. The first-order valence-corrected chi connectivity index (χ1v) is 9.05. The van der Waals surface area contributed by atoms with Crippen molar-refractivity contribution >= 4 is 0 Å². The summed E-state index contributed by atoms with van der Waals surface area (Å²) in [7, 11) is 0. The first-order chi connectivity index (χ1) is 9.87. The van der Waals surface area contributed by atoms with Crippen LogP contribution in [0.2, 0.25) is 0 Å². The van der Waals surface area contributed by atoms with Crippen molar-refractivity contribution in [2.75, 3.05) is 26.2 Å². The van der Waals surface area contributed by atoms with Gasteiger partial charge in [0.05, 0.1) is 5.60 Å². The highest BCUT2D eigenvalue weighted by Gasteiger charge is 2.43. The van der Waals surface area contributed by atoms with Crippen LogP contribution in [0.25, 0.3) is 0 Å². The molecule has 1 aliphatic heterocycles. The zero-order chi connectivity index (χ0) is 15.5. The second-order valence-corrected chi connectivity index (χ2v) is 8.23. The van der Waals surface area contributed by atoms with Gasteiger partial charge >= 0.3 is 0 Å². The van der Waals surface area contributed by atoms with Crippen molar-refractivity contribution < 1.29 is 5.11 Å². The molecule has 1 saturated heterocycles. The normalized spacial score (nSPS) is 33.7. The van der Waals surface area contributed by atoms with Gasteiger partial charge in [-0.2, -0.15) is 0 Å². The zero-order valence-electron chi connectivity index (χ0n) is 14.6. The van der Waals surface area contributed by atoms with Gasteiger partial charge < -0.3 is 15.3 Å². The molecule has 0 aromatic carbocycles. The smallest absolute Gasteiger partial charge is 0.0700 e. The molecule has 0 aromatic rings. The monoisotopic (exact) mass is 296 g/mol. The topological polar surface area (TPSA) is 35.5 Å². The third-order valence-electron chi connectivity index (χ3n) is 5.91. The van der Waals surface area contributed by atoms with Crippen LogP contribution in [0.1, 0.15) is 66.2 Å². The number of likely N-dealkylation sites (tertiary alicyclic amines) is 1. The molecule has 2 aliphatic rings. The van der Waals surface area contributed by atoms with Gasteiger partial charge in [-0.25, -0.2) is 0 Å². The number of aliphatic hydroxyl groups is 1. The molecule has 21 heavy (non-hydrogen) atoms. The summed E-state index contributed by atoms with van der Waals surface area (Å²) in [6, 6.07) is 0.556. The molecule has 1 aliphatic carbocycles. The molecule has 3 unspecified atom stereocenters. The average Bonchev–Trinajstić information content (AvgIpc) is 2.45. The van der Waals surface area contributed by atoms with Crippen molar-refractivity contribution in [2.24, 2.45) is 11.3 Å². The maximum absolute atomic E-state index is 10.8. The lowest BCUT2D eigenvalue weighted by atomic mass is 9.71. The molecule has 124 valence electrons. The highest BCUT2D eigenvalue weighted by molar-refractivity contribution is 4.96. The van der Waals surface area contributed by atoms with E-state index in [2.05, 4.69) is 37.9 Å². The summed E-state index contributed by atoms with van der Waals surface area (Å²) >= 11 is 0. The number of hydrogen-bond acceptors (Lipinski definition) is 3. The van der Waals surface area contributed by atoms with Gasteiger partial charge in [0.1, 0.15) is 0 Å². The van der Waals surface area contributed by atoms with Crippen molar-refractivity contribution in [3.63, 3.8) is 0 Å². The van der Waals surface area contributed by atoms with Crippen LogP contribution in [0.4, 0.5) is 0 Å². The Bertz CT molecular complexity index is 333. The lowest BCUT2D eigenvalue weighted by Crippen LogP contribution is -2.55. The standard InChI is InChI=1S/C18H36N2O/c1-5-17(4,13-19-15(2)3)14-20-11-10-18(21)9-7-6-8-16(18)12-20/h15-16,19,21H,5-14H2,1-4H3. The van der Waals surface area contributed by atoms with E-state index in [-0.39, 0.29) is 5.60 Å². The van der Waals surface area contributed by atoms with E-state index >= 15 is 0 Å². The van der Waals surface area contributed by atoms with Gasteiger partial charge in [-0.3, -0.25) is 0 Å². The quantitative estimate of drug-likeness (QED) is 0.791. The minimum absolute atomic E-state index is 0.340. The lowest BCUT2D eigenvalue weighted by Gasteiger charge is -2.49. The molecule has 1 saturated carbocycles. The predicted octanol–water partition coefficient (Wildman–Crippen LogP) is 3.03. The van der Waals surface area contributed by atoms with E-state index in [1.807, 2.05) is 0 Å². The van der Waals surface area contributed by atoms with Crippen molar-refractivity contribution in [1.29, 1.82) is 0 Å². The second kappa shape index (κ2) is 6.97. The summed E-state index contributed by atoms with van der Waals surface area (Å²) in [5.74, 6) is 0.513. The van der Waals surface area contributed by atoms with Crippen molar-refractivity contribution in [3.05, 3.63) is 0 Å². The van der Waals surface area contributed by atoms with Crippen LogP contribution in [-0.4, -0.2) is 47.8 Å². The SMILES string of the molecule is CCC(C)(CNC(C)C)CN1CCC2(O)CCCCC2C1. The summed E-state index contributed by atoms with van der Waals surface area (Å²) in [5.41, 5.74) is 0.00193. The van der Waals surface area contributed by atoms with Gasteiger partial charge in [0, 0.05) is 38.1 Å². The number of piperidine rings is 1. The summed E-state index contributed by atoms with van der Waals surface area (Å²) in [6.07, 6.45) is 6.97. The Morgan fingerprint density at radius 2 is 2.10 bits per heavy atom. The molecular weight excluding hydrogens is 260 g/mol. The molecular formula is C18H36N2O. The first kappa shape index (κ1) is 17.2. The van der Waals surface area contributed by atoms with E-state index in [1.165, 1.54) is 25.7 Å². The molecule has 3 atom stereocenters. The highest BCUT2D eigenvalue weighted by atomic mass is 16.3. The van der Waals surface area contributed by atoms with Crippen LogP contribution in [0.5, 0.6) is 0 Å². The Balaban J connectivity index is 1.90. The lowest BCUT2D eigenvalue weighted by molar-refractivity contribution is -0.100. The van der Waals surface area contributed by atoms with E-state index in [0.29, 0.717) is 17.4 Å². The average molecular weight is 296 g/mol. The zero-order valence-corrected chi connectivity index (χ0v) is 14.6. The van der Waals surface area contributed by atoms with Crippen molar-refractivity contribution in [1.82, 2.24) is 10.2 Å². The minimum Gasteiger partial charge on any atom is -0.390 e. The van der Waals surface area contributed by atoms with Crippen LogP contribution >= 0.6 is 0 Å². The largest absolute Gasteiger partial charge is 0.390 e. The van der Waals surface area contributed by atoms with Crippen molar-refractivity contribution in [3.8, 4) is 0 Å². The fourth-order valence-corrected chi connectivity index (χ4v) is 4.07. The molecule has 0 aromatic heterocycles.